The molecule has 4 unspecified atom stereocenters. The van der Waals surface area contributed by atoms with Gasteiger partial charge in [0.05, 0.1) is 13.2 Å². The van der Waals surface area contributed by atoms with Gasteiger partial charge in [-0.25, -0.2) is 5.06 Å². The first kappa shape index (κ1) is 18.5. The second kappa shape index (κ2) is 6.34. The maximum absolute atomic E-state index is 12.9. The number of allylic oxidation sites excluding steroid dienone is 1. The van der Waals surface area contributed by atoms with Crippen molar-refractivity contribution in [1.29, 1.82) is 0 Å². The zero-order valence-electron chi connectivity index (χ0n) is 16.8. The summed E-state index contributed by atoms with van der Waals surface area (Å²) in [6.07, 6.45) is 11.0. The largest absolute Gasteiger partial charge is 0.393 e. The molecule has 0 saturated heterocycles. The zero-order chi connectivity index (χ0) is 18.7. The normalized spacial score (nSPS) is 47.4. The Bertz CT molecular complexity index is 617. The molecule has 3 saturated carbocycles. The van der Waals surface area contributed by atoms with E-state index < -0.39 is 0 Å². The molecule has 4 aliphatic rings. The number of fused-ring (bicyclic) bond motifs is 5. The summed E-state index contributed by atoms with van der Waals surface area (Å²) < 4.78 is 0. The summed E-state index contributed by atoms with van der Waals surface area (Å²) >= 11 is 0. The first-order chi connectivity index (χ1) is 12.3. The molecule has 1 N–H and O–H groups in total. The van der Waals surface area contributed by atoms with Gasteiger partial charge in [-0.3, -0.25) is 9.63 Å². The number of amides is 1. The van der Waals surface area contributed by atoms with Gasteiger partial charge in [0.25, 0.3) is 0 Å². The fraction of sp³-hybridized carbons (Fsp3) is 0.864. The van der Waals surface area contributed by atoms with Gasteiger partial charge in [-0.05, 0) is 80.0 Å². The number of carbonyl (C=O) groups is 1. The van der Waals surface area contributed by atoms with E-state index in [1.54, 1.807) is 14.2 Å². The molecule has 1 amide bonds. The van der Waals surface area contributed by atoms with Crippen LogP contribution in [0.25, 0.3) is 0 Å². The van der Waals surface area contributed by atoms with Crippen LogP contribution < -0.4 is 0 Å². The minimum atomic E-state index is -0.141. The van der Waals surface area contributed by atoms with E-state index in [0.29, 0.717) is 11.8 Å². The topological polar surface area (TPSA) is 49.8 Å². The highest BCUT2D eigenvalue weighted by atomic mass is 16.7. The van der Waals surface area contributed by atoms with E-state index in [9.17, 15) is 9.90 Å². The Morgan fingerprint density at radius 2 is 1.96 bits per heavy atom. The highest BCUT2D eigenvalue weighted by Crippen LogP contribution is 2.66. The van der Waals surface area contributed by atoms with Crippen molar-refractivity contribution >= 4 is 5.91 Å². The molecule has 0 aliphatic heterocycles. The molecule has 0 heterocycles. The molecule has 3 fully saturated rings. The number of hydrogen-bond donors (Lipinski definition) is 1. The molecular weight excluding hydrogens is 326 g/mol. The molecule has 0 radical (unpaired) electrons. The lowest BCUT2D eigenvalue weighted by molar-refractivity contribution is -0.179. The van der Waals surface area contributed by atoms with E-state index >= 15 is 0 Å². The van der Waals surface area contributed by atoms with Crippen molar-refractivity contribution in [2.24, 2.45) is 34.5 Å². The molecule has 146 valence electrons. The highest BCUT2D eigenvalue weighted by Gasteiger charge is 2.60. The van der Waals surface area contributed by atoms with Gasteiger partial charge in [0.15, 0.2) is 0 Å². The summed E-state index contributed by atoms with van der Waals surface area (Å²) in [6.45, 7) is 4.83. The monoisotopic (exact) mass is 361 g/mol. The number of hydroxylamine groups is 2. The van der Waals surface area contributed by atoms with Crippen LogP contribution in [0.5, 0.6) is 0 Å². The summed E-state index contributed by atoms with van der Waals surface area (Å²) in [5.41, 5.74) is 1.90. The first-order valence-corrected chi connectivity index (χ1v) is 10.5. The van der Waals surface area contributed by atoms with Gasteiger partial charge in [0, 0.05) is 13.0 Å². The van der Waals surface area contributed by atoms with Crippen LogP contribution in [-0.4, -0.2) is 36.3 Å². The minimum absolute atomic E-state index is 0.102. The van der Waals surface area contributed by atoms with Gasteiger partial charge in [0.2, 0.25) is 5.91 Å². The Morgan fingerprint density at radius 3 is 2.69 bits per heavy atom. The predicted octanol–water partition coefficient (Wildman–Crippen LogP) is 3.95. The Balaban J connectivity index is 1.61. The Labute approximate surface area is 157 Å². The van der Waals surface area contributed by atoms with Crippen LogP contribution in [0, 0.1) is 34.5 Å². The smallest absolute Gasteiger partial charge is 0.249 e. The number of nitrogens with zero attached hydrogens (tertiary/aromatic N) is 1. The summed E-state index contributed by atoms with van der Waals surface area (Å²) in [5, 5.41) is 11.6. The third-order valence-electron chi connectivity index (χ3n) is 8.96. The summed E-state index contributed by atoms with van der Waals surface area (Å²) in [4.78, 5) is 18.1. The SMILES string of the molecule is CON(C)C(=O)[C@H]1CCC2C3CC=C4C[C@@H](O)CCC4(C)[C@H]3CCC21C. The fourth-order valence-electron chi connectivity index (χ4n) is 7.36. The van der Waals surface area contributed by atoms with E-state index in [2.05, 4.69) is 19.9 Å². The van der Waals surface area contributed by atoms with Crippen LogP contribution in [0.3, 0.4) is 0 Å². The third kappa shape index (κ3) is 2.51. The molecule has 4 heteroatoms. The standard InChI is InChI=1S/C22H35NO3/c1-21-11-9-15(24)13-14(21)5-6-16-17-7-8-19(20(25)23(3)26-4)22(17,2)12-10-18(16)21/h5,15-19,24H,6-13H2,1-4H3/t15-,16?,17?,18-,19+,21?,22?/m0/s1. The molecule has 4 nitrogen and oxygen atoms in total. The van der Waals surface area contributed by atoms with Crippen LogP contribution in [0.2, 0.25) is 0 Å². The van der Waals surface area contributed by atoms with Crippen molar-refractivity contribution in [2.75, 3.05) is 14.2 Å². The lowest BCUT2D eigenvalue weighted by Gasteiger charge is -2.58. The fourth-order valence-corrected chi connectivity index (χ4v) is 7.36. The minimum Gasteiger partial charge on any atom is -0.393 e. The Morgan fingerprint density at radius 1 is 1.19 bits per heavy atom. The van der Waals surface area contributed by atoms with Crippen molar-refractivity contribution in [2.45, 2.75) is 71.3 Å². The zero-order valence-corrected chi connectivity index (χ0v) is 16.8. The van der Waals surface area contributed by atoms with E-state index in [4.69, 9.17) is 4.84 Å². The van der Waals surface area contributed by atoms with E-state index in [-0.39, 0.29) is 28.8 Å². The van der Waals surface area contributed by atoms with Crippen molar-refractivity contribution in [3.8, 4) is 0 Å². The second-order valence-corrected chi connectivity index (χ2v) is 9.85. The van der Waals surface area contributed by atoms with Crippen LogP contribution >= 0.6 is 0 Å². The van der Waals surface area contributed by atoms with Crippen molar-refractivity contribution in [3.05, 3.63) is 11.6 Å². The lowest BCUT2D eigenvalue weighted by atomic mass is 9.47. The maximum Gasteiger partial charge on any atom is 0.249 e. The van der Waals surface area contributed by atoms with Gasteiger partial charge in [0.1, 0.15) is 0 Å². The third-order valence-corrected chi connectivity index (χ3v) is 8.96. The maximum atomic E-state index is 12.9. The average Bonchev–Trinajstić information content (AvgIpc) is 2.98. The van der Waals surface area contributed by atoms with Crippen LogP contribution in [0.4, 0.5) is 0 Å². The van der Waals surface area contributed by atoms with Crippen molar-refractivity contribution in [3.63, 3.8) is 0 Å². The molecule has 26 heavy (non-hydrogen) atoms. The summed E-state index contributed by atoms with van der Waals surface area (Å²) in [5.74, 6) is 2.33. The van der Waals surface area contributed by atoms with Crippen LogP contribution in [0.15, 0.2) is 11.6 Å². The molecule has 4 aliphatic carbocycles. The molecule has 0 bridgehead atoms. The second-order valence-electron chi connectivity index (χ2n) is 9.85. The summed E-state index contributed by atoms with van der Waals surface area (Å²) in [6, 6.07) is 0. The average molecular weight is 362 g/mol. The summed E-state index contributed by atoms with van der Waals surface area (Å²) in [7, 11) is 3.32. The quantitative estimate of drug-likeness (QED) is 0.598. The molecule has 0 aromatic heterocycles. The lowest BCUT2D eigenvalue weighted by Crippen LogP contribution is -2.51. The predicted molar refractivity (Wildman–Crippen MR) is 101 cm³/mol. The van der Waals surface area contributed by atoms with Gasteiger partial charge in [-0.15, -0.1) is 0 Å². The van der Waals surface area contributed by atoms with Crippen LogP contribution in [0.1, 0.15) is 65.2 Å². The number of aliphatic hydroxyl groups excluding tert-OH is 1. The molecule has 7 atom stereocenters. The van der Waals surface area contributed by atoms with Crippen molar-refractivity contribution < 1.29 is 14.7 Å². The number of carbonyl (C=O) groups excluding carboxylic acids is 1. The van der Waals surface area contributed by atoms with Crippen LogP contribution in [-0.2, 0) is 9.63 Å². The van der Waals surface area contributed by atoms with E-state index in [1.807, 2.05) is 0 Å². The molecule has 4 rings (SSSR count). The molecule has 0 aromatic carbocycles. The Kier molecular flexibility index (Phi) is 4.51. The Hall–Kier alpha value is -0.870. The first-order valence-electron chi connectivity index (χ1n) is 10.5. The van der Waals surface area contributed by atoms with Gasteiger partial charge < -0.3 is 5.11 Å². The molecular formula is C22H35NO3. The highest BCUT2D eigenvalue weighted by molar-refractivity contribution is 5.79. The number of rotatable bonds is 2. The van der Waals surface area contributed by atoms with Gasteiger partial charge >= 0.3 is 0 Å². The number of hydrogen-bond acceptors (Lipinski definition) is 3. The molecule has 0 aromatic rings. The van der Waals surface area contributed by atoms with Gasteiger partial charge in [-0.2, -0.15) is 0 Å². The number of aliphatic hydroxyl groups is 1. The molecule has 0 spiro atoms. The van der Waals surface area contributed by atoms with Crippen molar-refractivity contribution in [1.82, 2.24) is 5.06 Å². The van der Waals surface area contributed by atoms with Gasteiger partial charge in [-0.1, -0.05) is 25.5 Å². The van der Waals surface area contributed by atoms with E-state index in [0.717, 1.165) is 44.4 Å². The van der Waals surface area contributed by atoms with E-state index in [1.165, 1.54) is 23.5 Å².